The summed E-state index contributed by atoms with van der Waals surface area (Å²) in [5, 5.41) is 4.62. The Kier molecular flexibility index (Phi) is 8.91. The van der Waals surface area contributed by atoms with E-state index in [-0.39, 0.29) is 11.5 Å². The molecule has 0 aromatic heterocycles. The van der Waals surface area contributed by atoms with E-state index in [1.165, 1.54) is 25.3 Å². The fourth-order valence-corrected chi connectivity index (χ4v) is 2.15. The van der Waals surface area contributed by atoms with Crippen molar-refractivity contribution in [2.24, 2.45) is 5.92 Å². The Balaban J connectivity index is 2.42. The van der Waals surface area contributed by atoms with Gasteiger partial charge in [0.1, 0.15) is 18.4 Å². The molecule has 2 N–H and O–H groups in total. The second kappa shape index (κ2) is 10.9. The highest BCUT2D eigenvalue weighted by atomic mass is 19.1. The molecule has 0 unspecified atom stereocenters. The summed E-state index contributed by atoms with van der Waals surface area (Å²) in [7, 11) is 1.21. The summed E-state index contributed by atoms with van der Waals surface area (Å²) in [6.07, 6.45) is 0.366. The third-order valence-corrected chi connectivity index (χ3v) is 3.40. The summed E-state index contributed by atoms with van der Waals surface area (Å²) in [5.41, 5.74) is -0.211. The predicted molar refractivity (Wildman–Crippen MR) is 93.1 cm³/mol. The summed E-state index contributed by atoms with van der Waals surface area (Å²) in [4.78, 5) is 46.9. The molecule has 0 bridgehead atoms. The number of hydrogen-bond acceptors (Lipinski definition) is 6. The summed E-state index contributed by atoms with van der Waals surface area (Å²) in [6.45, 7) is 2.59. The molecule has 0 fully saturated rings. The van der Waals surface area contributed by atoms with Crippen molar-refractivity contribution in [3.63, 3.8) is 0 Å². The maximum atomic E-state index is 13.5. The molecule has 148 valence electrons. The van der Waals surface area contributed by atoms with Gasteiger partial charge in [0, 0.05) is 0 Å². The topological polar surface area (TPSA) is 111 Å². The van der Waals surface area contributed by atoms with Crippen LogP contribution in [0.1, 0.15) is 30.6 Å². The Hall–Kier alpha value is -2.97. The number of benzene rings is 1. The third kappa shape index (κ3) is 7.85. The van der Waals surface area contributed by atoms with Crippen molar-refractivity contribution in [2.45, 2.75) is 26.3 Å². The Morgan fingerprint density at radius 2 is 1.81 bits per heavy atom. The molecule has 0 saturated heterocycles. The first-order valence-corrected chi connectivity index (χ1v) is 8.30. The highest BCUT2D eigenvalue weighted by molar-refractivity contribution is 5.96. The van der Waals surface area contributed by atoms with E-state index in [1.54, 1.807) is 0 Å². The maximum Gasteiger partial charge on any atom is 0.328 e. The van der Waals surface area contributed by atoms with E-state index < -0.39 is 48.8 Å². The number of hydrogen-bond donors (Lipinski definition) is 2. The first-order chi connectivity index (χ1) is 12.7. The van der Waals surface area contributed by atoms with Crippen molar-refractivity contribution >= 4 is 23.8 Å². The average Bonchev–Trinajstić information content (AvgIpc) is 2.63. The molecule has 1 aromatic rings. The number of halogens is 1. The van der Waals surface area contributed by atoms with Crippen LogP contribution in [0.4, 0.5) is 4.39 Å². The number of ether oxygens (including phenoxy) is 2. The highest BCUT2D eigenvalue weighted by Gasteiger charge is 2.23. The Labute approximate surface area is 156 Å². The molecule has 0 saturated carbocycles. The molecule has 0 spiro atoms. The van der Waals surface area contributed by atoms with Crippen LogP contribution in [-0.4, -0.2) is 50.1 Å². The number of nitrogens with one attached hydrogen (secondary N) is 2. The molecule has 27 heavy (non-hydrogen) atoms. The Bertz CT molecular complexity index is 692. The van der Waals surface area contributed by atoms with E-state index in [0.29, 0.717) is 6.42 Å². The zero-order chi connectivity index (χ0) is 20.4. The standard InChI is InChI=1S/C18H23FN2O6/c1-11(2)8-14(18(25)26-3)21-15(22)10-27-16(23)9-20-17(24)12-6-4-5-7-13(12)19/h4-7,11,14H,8-10H2,1-3H3,(H,20,24)(H,21,22)/t14-/m0/s1. The van der Waals surface area contributed by atoms with Crippen LogP contribution in [0.15, 0.2) is 24.3 Å². The van der Waals surface area contributed by atoms with Crippen LogP contribution in [0.25, 0.3) is 0 Å². The van der Waals surface area contributed by atoms with Gasteiger partial charge in [-0.3, -0.25) is 14.4 Å². The predicted octanol–water partition coefficient (Wildman–Crippen LogP) is 0.803. The van der Waals surface area contributed by atoms with E-state index in [4.69, 9.17) is 4.74 Å². The zero-order valence-electron chi connectivity index (χ0n) is 15.4. The molecular formula is C18H23FN2O6. The Morgan fingerprint density at radius 1 is 1.15 bits per heavy atom. The lowest BCUT2D eigenvalue weighted by Gasteiger charge is -2.18. The smallest absolute Gasteiger partial charge is 0.328 e. The highest BCUT2D eigenvalue weighted by Crippen LogP contribution is 2.07. The van der Waals surface area contributed by atoms with Gasteiger partial charge in [-0.05, 0) is 24.5 Å². The lowest BCUT2D eigenvalue weighted by Crippen LogP contribution is -2.44. The summed E-state index contributed by atoms with van der Waals surface area (Å²) in [6, 6.07) is 4.45. The second-order valence-corrected chi connectivity index (χ2v) is 6.10. The van der Waals surface area contributed by atoms with Crippen LogP contribution < -0.4 is 10.6 Å². The van der Waals surface area contributed by atoms with E-state index in [2.05, 4.69) is 15.4 Å². The molecular weight excluding hydrogens is 359 g/mol. The van der Waals surface area contributed by atoms with Crippen LogP contribution in [0, 0.1) is 11.7 Å². The van der Waals surface area contributed by atoms with Gasteiger partial charge < -0.3 is 20.1 Å². The zero-order valence-corrected chi connectivity index (χ0v) is 15.4. The summed E-state index contributed by atoms with van der Waals surface area (Å²) in [5.74, 6) is -3.53. The molecule has 1 rings (SSSR count). The van der Waals surface area contributed by atoms with Crippen molar-refractivity contribution in [1.82, 2.24) is 10.6 Å². The van der Waals surface area contributed by atoms with Gasteiger partial charge in [-0.25, -0.2) is 9.18 Å². The molecule has 0 aliphatic heterocycles. The van der Waals surface area contributed by atoms with Crippen molar-refractivity contribution in [3.05, 3.63) is 35.6 Å². The second-order valence-electron chi connectivity index (χ2n) is 6.10. The maximum absolute atomic E-state index is 13.5. The fourth-order valence-electron chi connectivity index (χ4n) is 2.15. The minimum atomic E-state index is -0.881. The van der Waals surface area contributed by atoms with Gasteiger partial charge in [0.05, 0.1) is 12.7 Å². The summed E-state index contributed by atoms with van der Waals surface area (Å²) >= 11 is 0. The number of amides is 2. The van der Waals surface area contributed by atoms with Crippen LogP contribution in [0.2, 0.25) is 0 Å². The molecule has 0 heterocycles. The van der Waals surface area contributed by atoms with Gasteiger partial charge in [-0.2, -0.15) is 0 Å². The number of rotatable bonds is 9. The lowest BCUT2D eigenvalue weighted by atomic mass is 10.0. The molecule has 9 heteroatoms. The van der Waals surface area contributed by atoms with Crippen LogP contribution in [0.3, 0.4) is 0 Å². The van der Waals surface area contributed by atoms with Gasteiger partial charge in [-0.15, -0.1) is 0 Å². The summed E-state index contributed by atoms with van der Waals surface area (Å²) < 4.78 is 22.8. The third-order valence-electron chi connectivity index (χ3n) is 3.40. The van der Waals surface area contributed by atoms with Crippen molar-refractivity contribution < 1.29 is 33.0 Å². The molecule has 0 radical (unpaired) electrons. The van der Waals surface area contributed by atoms with E-state index in [1.807, 2.05) is 13.8 Å². The van der Waals surface area contributed by atoms with Gasteiger partial charge in [0.15, 0.2) is 6.61 Å². The van der Waals surface area contributed by atoms with Gasteiger partial charge in [0.25, 0.3) is 11.8 Å². The van der Waals surface area contributed by atoms with Crippen LogP contribution in [-0.2, 0) is 23.9 Å². The minimum Gasteiger partial charge on any atom is -0.467 e. The van der Waals surface area contributed by atoms with Crippen molar-refractivity contribution in [2.75, 3.05) is 20.3 Å². The molecule has 0 aliphatic rings. The minimum absolute atomic E-state index is 0.130. The molecule has 1 aromatic carbocycles. The molecule has 2 amide bonds. The quantitative estimate of drug-likeness (QED) is 0.612. The number of carbonyl (C=O) groups excluding carboxylic acids is 4. The molecule has 1 atom stereocenters. The molecule has 0 aliphatic carbocycles. The van der Waals surface area contributed by atoms with Crippen molar-refractivity contribution in [1.29, 1.82) is 0 Å². The van der Waals surface area contributed by atoms with Gasteiger partial charge in [-0.1, -0.05) is 26.0 Å². The first-order valence-electron chi connectivity index (χ1n) is 8.30. The van der Waals surface area contributed by atoms with Crippen molar-refractivity contribution in [3.8, 4) is 0 Å². The van der Waals surface area contributed by atoms with Crippen LogP contribution >= 0.6 is 0 Å². The lowest BCUT2D eigenvalue weighted by molar-refractivity contribution is -0.149. The number of methoxy groups -OCH3 is 1. The van der Waals surface area contributed by atoms with E-state index in [9.17, 15) is 23.6 Å². The monoisotopic (exact) mass is 382 g/mol. The van der Waals surface area contributed by atoms with E-state index >= 15 is 0 Å². The van der Waals surface area contributed by atoms with Gasteiger partial charge in [0.2, 0.25) is 0 Å². The van der Waals surface area contributed by atoms with Crippen LogP contribution in [0.5, 0.6) is 0 Å². The first kappa shape index (κ1) is 22.1. The number of esters is 2. The molecule has 8 nitrogen and oxygen atoms in total. The SMILES string of the molecule is COC(=O)[C@H](CC(C)C)NC(=O)COC(=O)CNC(=O)c1ccccc1F. The largest absolute Gasteiger partial charge is 0.467 e. The fraction of sp³-hybridized carbons (Fsp3) is 0.444. The van der Waals surface area contributed by atoms with Gasteiger partial charge >= 0.3 is 11.9 Å². The van der Waals surface area contributed by atoms with E-state index in [0.717, 1.165) is 6.07 Å². The average molecular weight is 382 g/mol. The normalized spacial score (nSPS) is 11.4. The number of carbonyl (C=O) groups is 4. The Morgan fingerprint density at radius 3 is 2.41 bits per heavy atom.